The third-order valence-corrected chi connectivity index (χ3v) is 3.06. The number of rotatable bonds is 5. The van der Waals surface area contributed by atoms with Crippen molar-refractivity contribution in [1.82, 2.24) is 4.98 Å². The summed E-state index contributed by atoms with van der Waals surface area (Å²) in [7, 11) is 0. The van der Waals surface area contributed by atoms with E-state index in [2.05, 4.69) is 10.3 Å². The third kappa shape index (κ3) is 4.14. The number of halogens is 1. The molecule has 0 aliphatic heterocycles. The highest BCUT2D eigenvalue weighted by Gasteiger charge is 2.02. The zero-order chi connectivity index (χ0) is 14.5. The van der Waals surface area contributed by atoms with E-state index >= 15 is 0 Å². The van der Waals surface area contributed by atoms with Crippen LogP contribution in [0.3, 0.4) is 0 Å². The fourth-order valence-corrected chi connectivity index (χ4v) is 2.00. The maximum atomic E-state index is 6.05. The minimum absolute atomic E-state index is 0.191. The van der Waals surface area contributed by atoms with Crippen molar-refractivity contribution in [2.24, 2.45) is 0 Å². The first-order chi connectivity index (χ1) is 9.54. The molecule has 1 heterocycles. The van der Waals surface area contributed by atoms with E-state index in [1.165, 1.54) is 5.56 Å². The van der Waals surface area contributed by atoms with Gasteiger partial charge in [0.05, 0.1) is 11.8 Å². The Morgan fingerprint density at radius 3 is 2.60 bits per heavy atom. The predicted molar refractivity (Wildman–Crippen MR) is 83.5 cm³/mol. The minimum Gasteiger partial charge on any atom is -0.491 e. The number of nitrogens with one attached hydrogen (secondary N) is 1. The summed E-state index contributed by atoms with van der Waals surface area (Å²) in [6.45, 7) is 6.73. The number of nitrogens with zero attached hydrogens (tertiary/aromatic N) is 1. The molecule has 0 aliphatic carbocycles. The molecule has 0 fully saturated rings. The number of aromatic nitrogens is 1. The van der Waals surface area contributed by atoms with Crippen LogP contribution in [0, 0.1) is 6.92 Å². The van der Waals surface area contributed by atoms with Gasteiger partial charge in [-0.3, -0.25) is 0 Å². The van der Waals surface area contributed by atoms with Crippen molar-refractivity contribution < 1.29 is 4.74 Å². The largest absolute Gasteiger partial charge is 0.491 e. The predicted octanol–water partition coefficient (Wildman–Crippen LogP) is 4.44. The molecule has 0 saturated carbocycles. The molecule has 0 amide bonds. The Balaban J connectivity index is 1.98. The van der Waals surface area contributed by atoms with Gasteiger partial charge >= 0.3 is 0 Å². The molecule has 0 aliphatic rings. The van der Waals surface area contributed by atoms with Crippen LogP contribution in [0.5, 0.6) is 5.75 Å². The molecule has 2 rings (SSSR count). The maximum absolute atomic E-state index is 6.05. The molecule has 2 aromatic rings. The zero-order valence-electron chi connectivity index (χ0n) is 12.0. The summed E-state index contributed by atoms with van der Waals surface area (Å²) in [5.74, 6) is 0.888. The standard InChI is InChI=1S/C16H19ClN2O/c1-11(2)20-14-6-4-13(5-7-14)10-18-15-8-12(3)9-19-16(15)17/h4-9,11,18H,10H2,1-3H3. The topological polar surface area (TPSA) is 34.2 Å². The van der Waals surface area contributed by atoms with Gasteiger partial charge in [-0.2, -0.15) is 0 Å². The first-order valence-electron chi connectivity index (χ1n) is 6.66. The average Bonchev–Trinajstić information content (AvgIpc) is 2.41. The number of hydrogen-bond acceptors (Lipinski definition) is 3. The monoisotopic (exact) mass is 290 g/mol. The van der Waals surface area contributed by atoms with Gasteiger partial charge in [0.25, 0.3) is 0 Å². The van der Waals surface area contributed by atoms with Gasteiger partial charge in [-0.15, -0.1) is 0 Å². The summed E-state index contributed by atoms with van der Waals surface area (Å²) in [5, 5.41) is 3.79. The molecule has 4 heteroatoms. The van der Waals surface area contributed by atoms with E-state index in [4.69, 9.17) is 16.3 Å². The molecule has 1 aromatic carbocycles. The Morgan fingerprint density at radius 1 is 1.25 bits per heavy atom. The van der Waals surface area contributed by atoms with Crippen LogP contribution < -0.4 is 10.1 Å². The maximum Gasteiger partial charge on any atom is 0.152 e. The minimum atomic E-state index is 0.191. The summed E-state index contributed by atoms with van der Waals surface area (Å²) in [6, 6.07) is 10.0. The van der Waals surface area contributed by atoms with E-state index < -0.39 is 0 Å². The summed E-state index contributed by atoms with van der Waals surface area (Å²) in [6.07, 6.45) is 1.95. The van der Waals surface area contributed by atoms with Crippen LogP contribution in [-0.2, 0) is 6.54 Å². The molecule has 0 unspecified atom stereocenters. The average molecular weight is 291 g/mol. The molecule has 0 radical (unpaired) electrons. The van der Waals surface area contributed by atoms with Crippen molar-refractivity contribution in [3.05, 3.63) is 52.8 Å². The van der Waals surface area contributed by atoms with Gasteiger partial charge in [-0.1, -0.05) is 23.7 Å². The van der Waals surface area contributed by atoms with Crippen LogP contribution in [0.25, 0.3) is 0 Å². The second-order valence-electron chi connectivity index (χ2n) is 5.02. The Hall–Kier alpha value is -1.74. The van der Waals surface area contributed by atoms with Crippen molar-refractivity contribution >= 4 is 17.3 Å². The van der Waals surface area contributed by atoms with Gasteiger partial charge in [-0.25, -0.2) is 4.98 Å². The van der Waals surface area contributed by atoms with Gasteiger partial charge in [0.2, 0.25) is 0 Å². The summed E-state index contributed by atoms with van der Waals surface area (Å²) in [4.78, 5) is 4.12. The first kappa shape index (κ1) is 14.7. The SMILES string of the molecule is Cc1cnc(Cl)c(NCc2ccc(OC(C)C)cc2)c1. The van der Waals surface area contributed by atoms with E-state index in [1.54, 1.807) is 6.20 Å². The molecular weight excluding hydrogens is 272 g/mol. The van der Waals surface area contributed by atoms with Crippen molar-refractivity contribution in [3.63, 3.8) is 0 Å². The number of benzene rings is 1. The van der Waals surface area contributed by atoms with E-state index in [9.17, 15) is 0 Å². The van der Waals surface area contributed by atoms with Gasteiger partial charge in [0, 0.05) is 12.7 Å². The molecule has 0 saturated heterocycles. The summed E-state index contributed by atoms with van der Waals surface area (Å²) in [5.41, 5.74) is 3.10. The molecular formula is C16H19ClN2O. The van der Waals surface area contributed by atoms with E-state index in [1.807, 2.05) is 51.1 Å². The van der Waals surface area contributed by atoms with Gasteiger partial charge in [0.15, 0.2) is 5.15 Å². The van der Waals surface area contributed by atoms with Crippen molar-refractivity contribution in [2.75, 3.05) is 5.32 Å². The molecule has 0 bridgehead atoms. The summed E-state index contributed by atoms with van der Waals surface area (Å²) < 4.78 is 5.62. The fraction of sp³-hybridized carbons (Fsp3) is 0.312. The molecule has 1 aromatic heterocycles. The number of hydrogen-bond donors (Lipinski definition) is 1. The highest BCUT2D eigenvalue weighted by atomic mass is 35.5. The lowest BCUT2D eigenvalue weighted by Crippen LogP contribution is -2.06. The summed E-state index contributed by atoms with van der Waals surface area (Å²) >= 11 is 6.05. The smallest absolute Gasteiger partial charge is 0.152 e. The first-order valence-corrected chi connectivity index (χ1v) is 7.04. The van der Waals surface area contributed by atoms with Gasteiger partial charge in [0.1, 0.15) is 5.75 Å². The third-order valence-electron chi connectivity index (χ3n) is 2.75. The van der Waals surface area contributed by atoms with Crippen LogP contribution in [0.15, 0.2) is 36.5 Å². The Kier molecular flexibility index (Phi) is 4.85. The Morgan fingerprint density at radius 2 is 1.95 bits per heavy atom. The number of aryl methyl sites for hydroxylation is 1. The van der Waals surface area contributed by atoms with E-state index in [0.717, 1.165) is 17.0 Å². The molecule has 0 atom stereocenters. The number of ether oxygens (including phenoxy) is 1. The zero-order valence-corrected chi connectivity index (χ0v) is 12.7. The highest BCUT2D eigenvalue weighted by molar-refractivity contribution is 6.31. The Labute approximate surface area is 124 Å². The molecule has 3 nitrogen and oxygen atoms in total. The fourth-order valence-electron chi connectivity index (χ4n) is 1.83. The molecule has 20 heavy (non-hydrogen) atoms. The van der Waals surface area contributed by atoms with Crippen LogP contribution in [0.1, 0.15) is 25.0 Å². The quantitative estimate of drug-likeness (QED) is 0.827. The van der Waals surface area contributed by atoms with E-state index in [0.29, 0.717) is 11.7 Å². The van der Waals surface area contributed by atoms with Crippen LogP contribution >= 0.6 is 11.6 Å². The molecule has 0 spiro atoms. The lowest BCUT2D eigenvalue weighted by molar-refractivity contribution is 0.242. The van der Waals surface area contributed by atoms with Crippen LogP contribution in [0.4, 0.5) is 5.69 Å². The van der Waals surface area contributed by atoms with Crippen LogP contribution in [-0.4, -0.2) is 11.1 Å². The van der Waals surface area contributed by atoms with Crippen LogP contribution in [0.2, 0.25) is 5.15 Å². The van der Waals surface area contributed by atoms with Gasteiger partial charge < -0.3 is 10.1 Å². The normalized spacial score (nSPS) is 10.7. The second-order valence-corrected chi connectivity index (χ2v) is 5.37. The highest BCUT2D eigenvalue weighted by Crippen LogP contribution is 2.21. The van der Waals surface area contributed by atoms with Gasteiger partial charge in [-0.05, 0) is 50.1 Å². The lowest BCUT2D eigenvalue weighted by Gasteiger charge is -2.11. The van der Waals surface area contributed by atoms with Crippen molar-refractivity contribution in [3.8, 4) is 5.75 Å². The molecule has 106 valence electrons. The lowest BCUT2D eigenvalue weighted by atomic mass is 10.2. The molecule has 1 N–H and O–H groups in total. The van der Waals surface area contributed by atoms with Crippen molar-refractivity contribution in [2.45, 2.75) is 33.4 Å². The Bertz CT molecular complexity index is 567. The number of pyridine rings is 1. The van der Waals surface area contributed by atoms with E-state index in [-0.39, 0.29) is 6.10 Å². The number of anilines is 1. The van der Waals surface area contributed by atoms with Crippen molar-refractivity contribution in [1.29, 1.82) is 0 Å². The second kappa shape index (κ2) is 6.62.